The van der Waals surface area contributed by atoms with E-state index < -0.39 is 5.60 Å². The molecule has 0 aromatic carbocycles. The number of aromatic nitrogens is 3. The molecular weight excluding hydrogens is 314 g/mol. The van der Waals surface area contributed by atoms with Crippen LogP contribution in [0.25, 0.3) is 0 Å². The van der Waals surface area contributed by atoms with Gasteiger partial charge >= 0.3 is 0 Å². The minimum absolute atomic E-state index is 0.170. The van der Waals surface area contributed by atoms with Crippen LogP contribution < -0.4 is 4.90 Å². The molecule has 3 heterocycles. The first-order valence-electron chi connectivity index (χ1n) is 7.44. The third-order valence-corrected chi connectivity index (χ3v) is 4.54. The molecule has 7 nitrogen and oxygen atoms in total. The van der Waals surface area contributed by atoms with Crippen molar-refractivity contribution in [1.29, 1.82) is 0 Å². The number of anilines is 1. The topological polar surface area (TPSA) is 82.5 Å². The molecule has 2 aromatic heterocycles. The van der Waals surface area contributed by atoms with Gasteiger partial charge in [0.15, 0.2) is 0 Å². The molecule has 1 amide bonds. The van der Waals surface area contributed by atoms with Gasteiger partial charge in [0.2, 0.25) is 0 Å². The quantitative estimate of drug-likeness (QED) is 0.900. The van der Waals surface area contributed by atoms with Crippen LogP contribution in [0.15, 0.2) is 29.5 Å². The molecule has 1 saturated heterocycles. The Kier molecular flexibility index (Phi) is 4.53. The van der Waals surface area contributed by atoms with Crippen molar-refractivity contribution in [3.63, 3.8) is 0 Å². The molecule has 122 valence electrons. The van der Waals surface area contributed by atoms with E-state index in [1.54, 1.807) is 36.5 Å². The highest BCUT2D eigenvalue weighted by molar-refractivity contribution is 7.07. The van der Waals surface area contributed by atoms with E-state index in [9.17, 15) is 9.90 Å². The molecule has 1 aliphatic rings. The van der Waals surface area contributed by atoms with Gasteiger partial charge in [-0.2, -0.15) is 0 Å². The maximum atomic E-state index is 12.3. The van der Waals surface area contributed by atoms with E-state index in [2.05, 4.69) is 15.0 Å². The molecule has 2 aromatic rings. The van der Waals surface area contributed by atoms with Gasteiger partial charge in [0, 0.05) is 37.9 Å². The first-order chi connectivity index (χ1) is 11.1. The molecule has 0 spiro atoms. The third kappa shape index (κ3) is 3.65. The highest BCUT2D eigenvalue weighted by Gasteiger charge is 2.36. The zero-order valence-electron chi connectivity index (χ0n) is 12.9. The standard InChI is InChI=1S/C15H19N5O2S/c1-19(14(21)12-8-23-11-18-12)9-15(22)3-2-6-20(10-15)13-7-16-4-5-17-13/h4-5,7-8,11,22H,2-3,6,9-10H2,1H3/t15-/m1/s1. The smallest absolute Gasteiger partial charge is 0.273 e. The van der Waals surface area contributed by atoms with Crippen molar-refractivity contribution >= 4 is 23.1 Å². The maximum Gasteiger partial charge on any atom is 0.273 e. The first kappa shape index (κ1) is 15.8. The molecule has 0 saturated carbocycles. The van der Waals surface area contributed by atoms with E-state index in [1.165, 1.54) is 16.2 Å². The number of likely N-dealkylation sites (N-methyl/N-ethyl adjacent to an activating group) is 1. The van der Waals surface area contributed by atoms with Gasteiger partial charge in [-0.1, -0.05) is 0 Å². The second-order valence-electron chi connectivity index (χ2n) is 5.85. The molecular formula is C15H19N5O2S. The fourth-order valence-corrected chi connectivity index (χ4v) is 3.44. The number of β-amino-alcohol motifs (C(OH)–C–C–N with tert-alkyl or cyclic N) is 1. The zero-order chi connectivity index (χ0) is 16.3. The number of hydrogen-bond acceptors (Lipinski definition) is 7. The molecule has 0 radical (unpaired) electrons. The molecule has 23 heavy (non-hydrogen) atoms. The molecule has 0 unspecified atom stereocenters. The Hall–Kier alpha value is -2.06. The number of piperidine rings is 1. The summed E-state index contributed by atoms with van der Waals surface area (Å²) in [6, 6.07) is 0. The van der Waals surface area contributed by atoms with Crippen molar-refractivity contribution in [1.82, 2.24) is 19.9 Å². The summed E-state index contributed by atoms with van der Waals surface area (Å²) in [6.07, 6.45) is 6.45. The van der Waals surface area contributed by atoms with Gasteiger partial charge in [-0.25, -0.2) is 9.97 Å². The van der Waals surface area contributed by atoms with Gasteiger partial charge in [-0.3, -0.25) is 9.78 Å². The largest absolute Gasteiger partial charge is 0.386 e. The first-order valence-corrected chi connectivity index (χ1v) is 8.39. The van der Waals surface area contributed by atoms with Crippen molar-refractivity contribution < 1.29 is 9.90 Å². The van der Waals surface area contributed by atoms with Crippen LogP contribution in [0.5, 0.6) is 0 Å². The van der Waals surface area contributed by atoms with Crippen LogP contribution in [0.4, 0.5) is 5.82 Å². The van der Waals surface area contributed by atoms with Crippen molar-refractivity contribution in [2.45, 2.75) is 18.4 Å². The Balaban J connectivity index is 1.67. The van der Waals surface area contributed by atoms with E-state index in [-0.39, 0.29) is 12.5 Å². The molecule has 0 aliphatic carbocycles. The van der Waals surface area contributed by atoms with Gasteiger partial charge < -0.3 is 14.9 Å². The lowest BCUT2D eigenvalue weighted by Crippen LogP contribution is -2.55. The summed E-state index contributed by atoms with van der Waals surface area (Å²) in [5.41, 5.74) is 1.09. The summed E-state index contributed by atoms with van der Waals surface area (Å²) < 4.78 is 0. The number of amides is 1. The molecule has 1 atom stereocenters. The van der Waals surface area contributed by atoms with Gasteiger partial charge in [0.1, 0.15) is 11.5 Å². The van der Waals surface area contributed by atoms with Gasteiger partial charge in [-0.05, 0) is 12.8 Å². The lowest BCUT2D eigenvalue weighted by molar-refractivity contribution is -0.000268. The van der Waals surface area contributed by atoms with Crippen LogP contribution >= 0.6 is 11.3 Å². The Labute approximate surface area is 138 Å². The number of hydrogen-bond donors (Lipinski definition) is 1. The van der Waals surface area contributed by atoms with Crippen LogP contribution in [-0.4, -0.2) is 63.1 Å². The number of carbonyl (C=O) groups excluding carboxylic acids is 1. The Bertz CT molecular complexity index is 651. The SMILES string of the molecule is CN(C[C@]1(O)CCCN(c2cnccn2)C1)C(=O)c1cscn1. The van der Waals surface area contributed by atoms with E-state index in [1.807, 2.05) is 4.90 Å². The molecule has 1 N–H and O–H groups in total. The predicted molar refractivity (Wildman–Crippen MR) is 87.5 cm³/mol. The fraction of sp³-hybridized carbons (Fsp3) is 0.467. The summed E-state index contributed by atoms with van der Waals surface area (Å²) in [7, 11) is 1.70. The van der Waals surface area contributed by atoms with Crippen LogP contribution in [-0.2, 0) is 0 Å². The highest BCUT2D eigenvalue weighted by atomic mass is 32.1. The summed E-state index contributed by atoms with van der Waals surface area (Å²) in [6.45, 7) is 1.52. The predicted octanol–water partition coefficient (Wildman–Crippen LogP) is 1.04. The number of thiazole rings is 1. The van der Waals surface area contributed by atoms with E-state index in [0.29, 0.717) is 18.7 Å². The zero-order valence-corrected chi connectivity index (χ0v) is 13.7. The molecule has 1 fully saturated rings. The summed E-state index contributed by atoms with van der Waals surface area (Å²) in [5, 5.41) is 12.6. The van der Waals surface area contributed by atoms with E-state index in [0.717, 1.165) is 18.8 Å². The normalized spacial score (nSPS) is 21.2. The van der Waals surface area contributed by atoms with Crippen molar-refractivity contribution in [3.05, 3.63) is 35.2 Å². The lowest BCUT2D eigenvalue weighted by atomic mass is 9.92. The van der Waals surface area contributed by atoms with Gasteiger partial charge in [0.25, 0.3) is 5.91 Å². The number of nitrogens with zero attached hydrogens (tertiary/aromatic N) is 5. The molecule has 1 aliphatic heterocycles. The van der Waals surface area contributed by atoms with Crippen LogP contribution in [0.3, 0.4) is 0 Å². The van der Waals surface area contributed by atoms with Crippen molar-refractivity contribution in [2.24, 2.45) is 0 Å². The molecule has 3 rings (SSSR count). The van der Waals surface area contributed by atoms with Crippen LogP contribution in [0.1, 0.15) is 23.3 Å². The lowest BCUT2D eigenvalue weighted by Gasteiger charge is -2.41. The Morgan fingerprint density at radius 2 is 2.35 bits per heavy atom. The Morgan fingerprint density at radius 3 is 3.04 bits per heavy atom. The third-order valence-electron chi connectivity index (χ3n) is 3.96. The second-order valence-corrected chi connectivity index (χ2v) is 6.57. The maximum absolute atomic E-state index is 12.3. The summed E-state index contributed by atoms with van der Waals surface area (Å²) in [4.78, 5) is 28.2. The van der Waals surface area contributed by atoms with E-state index >= 15 is 0 Å². The van der Waals surface area contributed by atoms with Crippen LogP contribution in [0, 0.1) is 0 Å². The van der Waals surface area contributed by atoms with Gasteiger partial charge in [0.05, 0.1) is 23.9 Å². The fourth-order valence-electron chi connectivity index (χ4n) is 2.92. The second kappa shape index (κ2) is 6.59. The highest BCUT2D eigenvalue weighted by Crippen LogP contribution is 2.25. The minimum atomic E-state index is -0.962. The van der Waals surface area contributed by atoms with Crippen molar-refractivity contribution in [2.75, 3.05) is 31.6 Å². The molecule has 0 bridgehead atoms. The van der Waals surface area contributed by atoms with Gasteiger partial charge in [-0.15, -0.1) is 11.3 Å². The monoisotopic (exact) mass is 333 g/mol. The number of aliphatic hydroxyl groups is 1. The average Bonchev–Trinajstić information content (AvgIpc) is 3.09. The van der Waals surface area contributed by atoms with Crippen LogP contribution in [0.2, 0.25) is 0 Å². The number of carbonyl (C=O) groups is 1. The van der Waals surface area contributed by atoms with E-state index in [4.69, 9.17) is 0 Å². The average molecular weight is 333 g/mol. The summed E-state index contributed by atoms with van der Waals surface area (Å²) >= 11 is 1.38. The summed E-state index contributed by atoms with van der Waals surface area (Å²) in [5.74, 6) is 0.579. The number of rotatable bonds is 4. The molecule has 8 heteroatoms. The Morgan fingerprint density at radius 1 is 1.48 bits per heavy atom. The van der Waals surface area contributed by atoms with Crippen molar-refractivity contribution in [3.8, 4) is 0 Å². The minimum Gasteiger partial charge on any atom is -0.386 e.